The Morgan fingerprint density at radius 3 is 2.40 bits per heavy atom. The second-order valence-electron chi connectivity index (χ2n) is 13.1. The molecule has 2 heterocycles. The number of imide groups is 1. The number of aliphatic imine (C=N–C) groups is 1. The molecule has 254 valence electrons. The van der Waals surface area contributed by atoms with Crippen LogP contribution in [0.5, 0.6) is 5.75 Å². The average molecular weight is 693 g/mol. The molecule has 1 N–H and O–H groups in total. The van der Waals surface area contributed by atoms with Crippen molar-refractivity contribution >= 4 is 56.9 Å². The number of carbonyl (C=O) groups excluding carboxylic acids is 3. The number of thioether (sulfide) groups is 1. The summed E-state index contributed by atoms with van der Waals surface area (Å²) in [5, 5.41) is 2.86. The zero-order chi connectivity index (χ0) is 35.0. The lowest BCUT2D eigenvalue weighted by molar-refractivity contribution is -0.137. The van der Waals surface area contributed by atoms with Gasteiger partial charge in [-0.3, -0.25) is 13.9 Å². The summed E-state index contributed by atoms with van der Waals surface area (Å²) in [6.07, 6.45) is -0.878. The van der Waals surface area contributed by atoms with Gasteiger partial charge < -0.3 is 14.8 Å². The Balaban J connectivity index is 1.56. The Hall–Kier alpha value is -4.36. The van der Waals surface area contributed by atoms with Crippen LogP contribution in [0.15, 0.2) is 81.5 Å². The van der Waals surface area contributed by atoms with Gasteiger partial charge in [-0.2, -0.15) is 0 Å². The number of amides is 3. The van der Waals surface area contributed by atoms with Gasteiger partial charge in [0.15, 0.2) is 17.5 Å². The molecule has 13 heteroatoms. The molecule has 0 saturated carbocycles. The third kappa shape index (κ3) is 7.21. The molecule has 1 unspecified atom stereocenters. The van der Waals surface area contributed by atoms with E-state index in [1.54, 1.807) is 24.3 Å². The lowest BCUT2D eigenvalue weighted by atomic mass is 10.1. The fourth-order valence-electron chi connectivity index (χ4n) is 5.42. The molecule has 3 aromatic rings. The zero-order valence-corrected chi connectivity index (χ0v) is 29.7. The summed E-state index contributed by atoms with van der Waals surface area (Å²) in [6.45, 7) is 12.8. The minimum Gasteiger partial charge on any atom is -0.493 e. The van der Waals surface area contributed by atoms with E-state index in [2.05, 4.69) is 10.3 Å². The number of aryl methyl sites for hydroxylation is 2. The summed E-state index contributed by atoms with van der Waals surface area (Å²) < 4.78 is 40.6. The van der Waals surface area contributed by atoms with E-state index in [4.69, 9.17) is 9.47 Å². The summed E-state index contributed by atoms with van der Waals surface area (Å²) in [7, 11) is -4.29. The van der Waals surface area contributed by atoms with Gasteiger partial charge in [0.1, 0.15) is 10.6 Å². The molecule has 5 rings (SSSR count). The first-order valence-electron chi connectivity index (χ1n) is 15.6. The summed E-state index contributed by atoms with van der Waals surface area (Å²) in [6, 6.07) is 17.2. The fourth-order valence-corrected chi connectivity index (χ4v) is 8.08. The van der Waals surface area contributed by atoms with Gasteiger partial charge >= 0.3 is 6.09 Å². The Morgan fingerprint density at radius 1 is 1.04 bits per heavy atom. The number of hydrogen-bond donors (Lipinski definition) is 1. The lowest BCUT2D eigenvalue weighted by Gasteiger charge is -2.35. The van der Waals surface area contributed by atoms with E-state index in [-0.39, 0.29) is 40.7 Å². The van der Waals surface area contributed by atoms with Crippen molar-refractivity contribution in [1.82, 2.24) is 9.21 Å². The third-order valence-corrected chi connectivity index (χ3v) is 10.6. The smallest absolute Gasteiger partial charge is 0.418 e. The number of benzene rings is 3. The number of nitrogens with zero attached hydrogens (tertiary/aromatic N) is 3. The second-order valence-corrected chi connectivity index (χ2v) is 16.8. The van der Waals surface area contributed by atoms with Gasteiger partial charge in [0, 0.05) is 22.6 Å². The molecule has 2 aliphatic rings. The van der Waals surface area contributed by atoms with Crippen molar-refractivity contribution in [2.24, 2.45) is 4.99 Å². The fraction of sp³-hybridized carbons (Fsp3) is 0.371. The first-order valence-corrected chi connectivity index (χ1v) is 17.8. The topological polar surface area (TPSA) is 135 Å². The molecule has 0 spiro atoms. The van der Waals surface area contributed by atoms with Crippen LogP contribution in [0.1, 0.15) is 52.2 Å². The van der Waals surface area contributed by atoms with Crippen molar-refractivity contribution < 1.29 is 32.3 Å². The van der Waals surface area contributed by atoms with E-state index in [0.29, 0.717) is 16.3 Å². The minimum absolute atomic E-state index is 0.0641. The van der Waals surface area contributed by atoms with E-state index in [0.717, 1.165) is 20.3 Å². The molecule has 0 bridgehead atoms. The van der Waals surface area contributed by atoms with Gasteiger partial charge in [-0.05, 0) is 63.6 Å². The summed E-state index contributed by atoms with van der Waals surface area (Å²) in [5.74, 6) is -1.27. The van der Waals surface area contributed by atoms with Crippen LogP contribution in [0.4, 0.5) is 16.2 Å². The average Bonchev–Trinajstić information content (AvgIpc) is 3.19. The van der Waals surface area contributed by atoms with Crippen LogP contribution in [-0.4, -0.2) is 70.9 Å². The number of para-hydroxylation sites is 2. The van der Waals surface area contributed by atoms with Gasteiger partial charge in [-0.15, -0.1) is 11.8 Å². The first-order chi connectivity index (χ1) is 22.5. The number of ether oxygens (including phenoxy) is 2. The normalized spacial score (nSPS) is 17.4. The Labute approximate surface area is 285 Å². The van der Waals surface area contributed by atoms with E-state index < -0.39 is 39.6 Å². The summed E-state index contributed by atoms with van der Waals surface area (Å²) >= 11 is 1.52. The number of fused-ring (bicyclic) bond motifs is 1. The maximum atomic E-state index is 14.4. The molecule has 11 nitrogen and oxygen atoms in total. The molecule has 1 fully saturated rings. The van der Waals surface area contributed by atoms with Crippen LogP contribution in [0.25, 0.3) is 0 Å². The molecular formula is C35H40N4O7S2. The van der Waals surface area contributed by atoms with Crippen molar-refractivity contribution in [2.75, 3.05) is 18.5 Å². The molecule has 1 atom stereocenters. The van der Waals surface area contributed by atoms with Crippen LogP contribution in [0, 0.1) is 13.8 Å². The van der Waals surface area contributed by atoms with Crippen molar-refractivity contribution in [3.05, 3.63) is 77.9 Å². The highest BCUT2D eigenvalue weighted by Crippen LogP contribution is 2.38. The molecule has 0 radical (unpaired) electrons. The molecule has 48 heavy (non-hydrogen) atoms. The monoisotopic (exact) mass is 692 g/mol. The van der Waals surface area contributed by atoms with E-state index in [9.17, 15) is 22.8 Å². The number of amidine groups is 1. The van der Waals surface area contributed by atoms with E-state index >= 15 is 0 Å². The van der Waals surface area contributed by atoms with Crippen molar-refractivity contribution in [1.29, 1.82) is 0 Å². The lowest BCUT2D eigenvalue weighted by Crippen LogP contribution is -2.59. The number of carbonyl (C=O) groups is 3. The predicted octanol–water partition coefficient (Wildman–Crippen LogP) is 6.46. The number of cyclic esters (lactones) is 1. The zero-order valence-electron chi connectivity index (χ0n) is 28.1. The standard InChI is InChI=1S/C35H40N4O7S2/c1-22-17-18-26(23(2)21-22)45-20-12-19-38-30(36-25-14-9-11-16-28(25)48(38,43)44)29(39-32(41)35(6,7)46-33(39)42)31(40)37-24-13-8-10-15-27(24)47-34(3,4)5/h8-11,13-18,21,29H,12,19-20H2,1-7H3,(H,37,40). The highest BCUT2D eigenvalue weighted by molar-refractivity contribution is 8.00. The van der Waals surface area contributed by atoms with E-state index in [1.807, 2.05) is 65.0 Å². The second kappa shape index (κ2) is 13.3. The molecule has 1 saturated heterocycles. The number of nitrogens with one attached hydrogen (secondary N) is 1. The predicted molar refractivity (Wildman–Crippen MR) is 185 cm³/mol. The quantitative estimate of drug-likeness (QED) is 0.189. The summed E-state index contributed by atoms with van der Waals surface area (Å²) in [5.41, 5.74) is 0.940. The maximum absolute atomic E-state index is 14.4. The van der Waals surface area contributed by atoms with Crippen LogP contribution >= 0.6 is 11.8 Å². The van der Waals surface area contributed by atoms with Crippen LogP contribution in [0.2, 0.25) is 0 Å². The SMILES string of the molecule is Cc1ccc(OCCCN2C(C(C(=O)Nc3ccccc3SC(C)(C)C)N3C(=O)OC(C)(C)C3=O)=Nc3ccccc3S2(=O)=O)c(C)c1. The minimum atomic E-state index is -4.29. The summed E-state index contributed by atoms with van der Waals surface area (Å²) in [4.78, 5) is 47.4. The van der Waals surface area contributed by atoms with Gasteiger partial charge in [0.25, 0.3) is 21.8 Å². The highest BCUT2D eigenvalue weighted by Gasteiger charge is 2.55. The number of hydrogen-bond acceptors (Lipinski definition) is 9. The third-order valence-electron chi connectivity index (χ3n) is 7.60. The van der Waals surface area contributed by atoms with Gasteiger partial charge in [0.05, 0.1) is 18.0 Å². The molecule has 3 aromatic carbocycles. The molecule has 0 aliphatic carbocycles. The van der Waals surface area contributed by atoms with Gasteiger partial charge in [-0.25, -0.2) is 23.1 Å². The largest absolute Gasteiger partial charge is 0.493 e. The van der Waals surface area contributed by atoms with Crippen LogP contribution < -0.4 is 10.1 Å². The Kier molecular flexibility index (Phi) is 9.67. The molecule has 3 amide bonds. The van der Waals surface area contributed by atoms with Crippen LogP contribution in [-0.2, 0) is 24.3 Å². The number of sulfonamides is 1. The van der Waals surface area contributed by atoms with Crippen molar-refractivity contribution in [2.45, 2.75) is 81.1 Å². The maximum Gasteiger partial charge on any atom is 0.418 e. The number of rotatable bonds is 10. The van der Waals surface area contributed by atoms with Gasteiger partial charge in [-0.1, -0.05) is 62.7 Å². The van der Waals surface area contributed by atoms with Crippen LogP contribution in [0.3, 0.4) is 0 Å². The number of anilines is 1. The van der Waals surface area contributed by atoms with Crippen molar-refractivity contribution in [3.63, 3.8) is 0 Å². The Bertz CT molecular complexity index is 1900. The van der Waals surface area contributed by atoms with Crippen molar-refractivity contribution in [3.8, 4) is 5.75 Å². The molecule has 2 aliphatic heterocycles. The van der Waals surface area contributed by atoms with Gasteiger partial charge in [0.2, 0.25) is 0 Å². The molecular weight excluding hydrogens is 653 g/mol. The molecule has 0 aromatic heterocycles. The Morgan fingerprint density at radius 2 is 1.73 bits per heavy atom. The highest BCUT2D eigenvalue weighted by atomic mass is 32.2. The first kappa shape index (κ1) is 35.0. The van der Waals surface area contributed by atoms with E-state index in [1.165, 1.54) is 37.7 Å².